The van der Waals surface area contributed by atoms with Gasteiger partial charge in [-0.2, -0.15) is 5.26 Å². The van der Waals surface area contributed by atoms with Crippen LogP contribution in [0.25, 0.3) is 6.08 Å². The van der Waals surface area contributed by atoms with Gasteiger partial charge in [0, 0.05) is 4.90 Å². The van der Waals surface area contributed by atoms with Crippen molar-refractivity contribution < 1.29 is 14.3 Å². The highest BCUT2D eigenvalue weighted by Gasteiger charge is 2.12. The second kappa shape index (κ2) is 8.09. The van der Waals surface area contributed by atoms with Gasteiger partial charge in [0.25, 0.3) is 5.91 Å². The molecule has 0 aliphatic carbocycles. The lowest BCUT2D eigenvalue weighted by molar-refractivity contribution is -0.112. The molecule has 0 saturated heterocycles. The summed E-state index contributed by atoms with van der Waals surface area (Å²) in [5, 5.41) is 11.9. The van der Waals surface area contributed by atoms with Crippen molar-refractivity contribution in [3.63, 3.8) is 0 Å². The summed E-state index contributed by atoms with van der Waals surface area (Å²) in [5.41, 5.74) is 1.16. The van der Waals surface area contributed by atoms with E-state index >= 15 is 0 Å². The number of amides is 1. The summed E-state index contributed by atoms with van der Waals surface area (Å²) in [5.74, 6) is 0.583. The largest absolute Gasteiger partial charge is 0.493 e. The average molecular weight is 340 g/mol. The number of methoxy groups -OCH3 is 2. The van der Waals surface area contributed by atoms with Gasteiger partial charge in [-0.1, -0.05) is 18.2 Å². The number of nitrogens with one attached hydrogen (secondary N) is 1. The molecule has 0 spiro atoms. The van der Waals surface area contributed by atoms with Gasteiger partial charge in [-0.3, -0.25) is 4.79 Å². The molecule has 24 heavy (non-hydrogen) atoms. The van der Waals surface area contributed by atoms with Gasteiger partial charge in [0.2, 0.25) is 0 Å². The molecule has 122 valence electrons. The maximum Gasteiger partial charge on any atom is 0.266 e. The molecule has 0 fully saturated rings. The monoisotopic (exact) mass is 340 g/mol. The van der Waals surface area contributed by atoms with Crippen molar-refractivity contribution in [2.24, 2.45) is 0 Å². The molecule has 0 unspecified atom stereocenters. The van der Waals surface area contributed by atoms with E-state index in [-0.39, 0.29) is 5.57 Å². The molecule has 2 aromatic rings. The summed E-state index contributed by atoms with van der Waals surface area (Å²) < 4.78 is 10.4. The predicted octanol–water partition coefficient (Wildman–Crippen LogP) is 3.54. The van der Waals surface area contributed by atoms with Gasteiger partial charge >= 0.3 is 0 Å². The lowest BCUT2D eigenvalue weighted by atomic mass is 10.1. The minimum atomic E-state index is -0.506. The van der Waals surface area contributed by atoms with E-state index in [9.17, 15) is 10.1 Å². The molecule has 0 aromatic heterocycles. The first-order valence-corrected chi connectivity index (χ1v) is 7.47. The van der Waals surface area contributed by atoms with Crippen molar-refractivity contribution in [1.29, 1.82) is 5.26 Å². The lowest BCUT2D eigenvalue weighted by Gasteiger charge is -2.09. The Labute approximate surface area is 145 Å². The van der Waals surface area contributed by atoms with E-state index in [2.05, 4.69) is 17.9 Å². The molecular formula is C18H16N2O3S. The van der Waals surface area contributed by atoms with E-state index in [0.29, 0.717) is 27.6 Å². The molecule has 2 aromatic carbocycles. The Kier molecular flexibility index (Phi) is 5.88. The molecule has 5 nitrogen and oxygen atoms in total. The van der Waals surface area contributed by atoms with Gasteiger partial charge in [-0.25, -0.2) is 0 Å². The number of ether oxygens (including phenoxy) is 2. The molecule has 2 rings (SSSR count). The van der Waals surface area contributed by atoms with Crippen molar-refractivity contribution in [2.75, 3.05) is 19.5 Å². The van der Waals surface area contributed by atoms with Crippen molar-refractivity contribution >= 4 is 30.3 Å². The third kappa shape index (κ3) is 4.09. The highest BCUT2D eigenvalue weighted by atomic mass is 32.1. The summed E-state index contributed by atoms with van der Waals surface area (Å²) in [6.07, 6.45) is 1.48. The Morgan fingerprint density at radius 3 is 2.50 bits per heavy atom. The molecule has 1 amide bonds. The van der Waals surface area contributed by atoms with E-state index in [1.165, 1.54) is 20.3 Å². The molecule has 0 heterocycles. The van der Waals surface area contributed by atoms with E-state index in [0.717, 1.165) is 0 Å². The second-order valence-corrected chi connectivity index (χ2v) is 5.24. The zero-order valence-corrected chi connectivity index (χ0v) is 14.1. The molecule has 0 saturated carbocycles. The summed E-state index contributed by atoms with van der Waals surface area (Å²) in [6, 6.07) is 14.1. The second-order valence-electron chi connectivity index (χ2n) is 4.76. The number of carbonyl (C=O) groups excluding carboxylic acids is 1. The van der Waals surface area contributed by atoms with E-state index < -0.39 is 5.91 Å². The summed E-state index contributed by atoms with van der Waals surface area (Å²) in [4.78, 5) is 12.9. The van der Waals surface area contributed by atoms with E-state index in [1.807, 2.05) is 12.1 Å². The van der Waals surface area contributed by atoms with Gasteiger partial charge in [-0.15, -0.1) is 12.6 Å². The fourth-order valence-electron chi connectivity index (χ4n) is 2.03. The first-order valence-electron chi connectivity index (χ1n) is 7.02. The van der Waals surface area contributed by atoms with Crippen LogP contribution in [0.5, 0.6) is 11.5 Å². The number of benzene rings is 2. The van der Waals surface area contributed by atoms with Crippen LogP contribution >= 0.6 is 12.6 Å². The third-order valence-corrected chi connectivity index (χ3v) is 3.63. The first kappa shape index (κ1) is 17.4. The fraction of sp³-hybridized carbons (Fsp3) is 0.111. The highest BCUT2D eigenvalue weighted by Crippen LogP contribution is 2.28. The number of para-hydroxylation sites is 1. The van der Waals surface area contributed by atoms with E-state index in [1.54, 1.807) is 36.4 Å². The van der Waals surface area contributed by atoms with Gasteiger partial charge < -0.3 is 14.8 Å². The Hall–Kier alpha value is -2.91. The Balaban J connectivity index is 2.27. The molecule has 1 N–H and O–H groups in total. The predicted molar refractivity (Wildman–Crippen MR) is 95.5 cm³/mol. The summed E-state index contributed by atoms with van der Waals surface area (Å²) in [6.45, 7) is 0. The first-order chi connectivity index (χ1) is 11.6. The minimum absolute atomic E-state index is 0.0289. The molecule has 0 aliphatic rings. The number of carbonyl (C=O) groups is 1. The fourth-order valence-corrected chi connectivity index (χ4v) is 2.24. The van der Waals surface area contributed by atoms with Crippen molar-refractivity contribution in [3.05, 3.63) is 53.6 Å². The van der Waals surface area contributed by atoms with Crippen LogP contribution < -0.4 is 14.8 Å². The maximum atomic E-state index is 12.3. The Bertz CT molecular complexity index is 825. The zero-order chi connectivity index (χ0) is 17.5. The van der Waals surface area contributed by atoms with Gasteiger partial charge in [-0.05, 0) is 35.9 Å². The number of anilines is 1. The third-order valence-electron chi connectivity index (χ3n) is 3.24. The van der Waals surface area contributed by atoms with Crippen LogP contribution in [-0.4, -0.2) is 20.1 Å². The SMILES string of the molecule is COc1ccc(/C=C(\C#N)C(=O)Nc2ccccc2S)cc1OC. The van der Waals surface area contributed by atoms with Crippen molar-refractivity contribution in [2.45, 2.75) is 4.90 Å². The molecule has 6 heteroatoms. The Morgan fingerprint density at radius 1 is 1.17 bits per heavy atom. The topological polar surface area (TPSA) is 71.3 Å². The molecule has 0 atom stereocenters. The summed E-state index contributed by atoms with van der Waals surface area (Å²) in [7, 11) is 3.06. The minimum Gasteiger partial charge on any atom is -0.493 e. The molecule has 0 bridgehead atoms. The van der Waals surface area contributed by atoms with Gasteiger partial charge in [0.1, 0.15) is 11.6 Å². The maximum absolute atomic E-state index is 12.3. The molecule has 0 radical (unpaired) electrons. The zero-order valence-electron chi connectivity index (χ0n) is 13.2. The van der Waals surface area contributed by atoms with Gasteiger partial charge in [0.15, 0.2) is 11.5 Å². The molecule has 0 aliphatic heterocycles. The highest BCUT2D eigenvalue weighted by molar-refractivity contribution is 7.80. The number of thiol groups is 1. The number of nitrogens with zero attached hydrogens (tertiary/aromatic N) is 1. The number of rotatable bonds is 5. The van der Waals surface area contributed by atoms with E-state index in [4.69, 9.17) is 9.47 Å². The number of hydrogen-bond donors (Lipinski definition) is 2. The van der Waals surface area contributed by atoms with Crippen LogP contribution in [-0.2, 0) is 4.79 Å². The van der Waals surface area contributed by atoms with Crippen LogP contribution in [0.1, 0.15) is 5.56 Å². The summed E-state index contributed by atoms with van der Waals surface area (Å²) >= 11 is 4.27. The lowest BCUT2D eigenvalue weighted by Crippen LogP contribution is -2.13. The standard InChI is InChI=1S/C18H16N2O3S/c1-22-15-8-7-12(10-16(15)23-2)9-13(11-19)18(21)20-14-5-3-4-6-17(14)24/h3-10,24H,1-2H3,(H,20,21)/b13-9+. The van der Waals surface area contributed by atoms with Gasteiger partial charge in [0.05, 0.1) is 19.9 Å². The van der Waals surface area contributed by atoms with Crippen molar-refractivity contribution in [3.8, 4) is 17.6 Å². The normalized spacial score (nSPS) is 10.7. The number of nitriles is 1. The van der Waals surface area contributed by atoms with Crippen LogP contribution in [0.4, 0.5) is 5.69 Å². The van der Waals surface area contributed by atoms with Crippen LogP contribution in [0.2, 0.25) is 0 Å². The van der Waals surface area contributed by atoms with Crippen LogP contribution in [0.15, 0.2) is 52.9 Å². The van der Waals surface area contributed by atoms with Crippen LogP contribution in [0.3, 0.4) is 0 Å². The average Bonchev–Trinajstić information content (AvgIpc) is 2.61. The van der Waals surface area contributed by atoms with Crippen LogP contribution in [0, 0.1) is 11.3 Å². The smallest absolute Gasteiger partial charge is 0.266 e. The number of hydrogen-bond acceptors (Lipinski definition) is 5. The van der Waals surface area contributed by atoms with Crippen molar-refractivity contribution in [1.82, 2.24) is 0 Å². The molecular weight excluding hydrogens is 324 g/mol. The quantitative estimate of drug-likeness (QED) is 0.496. The Morgan fingerprint density at radius 2 is 1.88 bits per heavy atom.